The molecule has 0 saturated heterocycles. The Labute approximate surface area is 161 Å². The van der Waals surface area contributed by atoms with Crippen molar-refractivity contribution in [3.63, 3.8) is 0 Å². The highest BCUT2D eigenvalue weighted by Crippen LogP contribution is 2.18. The lowest BCUT2D eigenvalue weighted by Crippen LogP contribution is -2.25. The number of aromatic nitrogens is 2. The Morgan fingerprint density at radius 3 is 2.26 bits per heavy atom. The van der Waals surface area contributed by atoms with E-state index < -0.39 is 0 Å². The van der Waals surface area contributed by atoms with E-state index in [1.165, 1.54) is 16.7 Å². The van der Waals surface area contributed by atoms with E-state index in [9.17, 15) is 4.79 Å². The minimum absolute atomic E-state index is 0.0451. The zero-order valence-corrected chi connectivity index (χ0v) is 16.5. The Morgan fingerprint density at radius 2 is 1.67 bits per heavy atom. The molecule has 0 aliphatic carbocycles. The lowest BCUT2D eigenvalue weighted by Gasteiger charge is -2.08. The third-order valence-corrected chi connectivity index (χ3v) is 4.99. The molecule has 1 heterocycles. The molecule has 0 spiro atoms. The average Bonchev–Trinajstić information content (AvgIpc) is 2.97. The number of carbonyl (C=O) groups is 1. The van der Waals surface area contributed by atoms with E-state index in [1.807, 2.05) is 35.9 Å². The van der Waals surface area contributed by atoms with E-state index in [2.05, 4.69) is 55.5 Å². The van der Waals surface area contributed by atoms with Gasteiger partial charge >= 0.3 is 0 Å². The summed E-state index contributed by atoms with van der Waals surface area (Å²) in [5, 5.41) is 7.62. The standard InChI is InChI=1S/C23H27N3O/c1-5-22-17(3)25-26(18(22)4)21-12-10-20(11-13-21)23(27)24-15-14-19-8-6-16(2)7-9-19/h6-13H,5,14-15H2,1-4H3,(H,24,27). The maximum Gasteiger partial charge on any atom is 0.251 e. The lowest BCUT2D eigenvalue weighted by atomic mass is 10.1. The first-order valence-electron chi connectivity index (χ1n) is 9.49. The molecule has 2 aromatic carbocycles. The minimum atomic E-state index is -0.0451. The third-order valence-electron chi connectivity index (χ3n) is 4.99. The molecule has 3 aromatic rings. The van der Waals surface area contributed by atoms with E-state index in [1.54, 1.807) is 0 Å². The van der Waals surface area contributed by atoms with Crippen LogP contribution in [0.3, 0.4) is 0 Å². The highest BCUT2D eigenvalue weighted by atomic mass is 16.1. The molecule has 0 atom stereocenters. The number of nitrogens with one attached hydrogen (secondary N) is 1. The van der Waals surface area contributed by atoms with Crippen molar-refractivity contribution >= 4 is 5.91 Å². The van der Waals surface area contributed by atoms with E-state index >= 15 is 0 Å². The largest absolute Gasteiger partial charge is 0.352 e. The van der Waals surface area contributed by atoms with Gasteiger partial charge in [0.25, 0.3) is 5.91 Å². The first-order chi connectivity index (χ1) is 13.0. The zero-order valence-electron chi connectivity index (χ0n) is 16.5. The van der Waals surface area contributed by atoms with Gasteiger partial charge < -0.3 is 5.32 Å². The Kier molecular flexibility index (Phi) is 5.75. The predicted octanol–water partition coefficient (Wildman–Crippen LogP) is 4.33. The molecule has 27 heavy (non-hydrogen) atoms. The lowest BCUT2D eigenvalue weighted by molar-refractivity contribution is 0.0954. The number of benzene rings is 2. The molecule has 0 aliphatic heterocycles. The molecular formula is C23H27N3O. The van der Waals surface area contributed by atoms with Gasteiger partial charge in [-0.3, -0.25) is 4.79 Å². The van der Waals surface area contributed by atoms with Crippen molar-refractivity contribution in [2.75, 3.05) is 6.54 Å². The summed E-state index contributed by atoms with van der Waals surface area (Å²) in [5.74, 6) is -0.0451. The normalized spacial score (nSPS) is 10.8. The van der Waals surface area contributed by atoms with Crippen LogP contribution in [0.25, 0.3) is 5.69 Å². The summed E-state index contributed by atoms with van der Waals surface area (Å²) in [6, 6.07) is 16.0. The van der Waals surface area contributed by atoms with Crippen LogP contribution in [0.4, 0.5) is 0 Å². The number of hydrogen-bond donors (Lipinski definition) is 1. The van der Waals surface area contributed by atoms with E-state index in [0.717, 1.165) is 29.9 Å². The number of nitrogens with zero attached hydrogens (tertiary/aromatic N) is 2. The minimum Gasteiger partial charge on any atom is -0.352 e. The highest BCUT2D eigenvalue weighted by molar-refractivity contribution is 5.94. The maximum atomic E-state index is 12.4. The van der Waals surface area contributed by atoms with Gasteiger partial charge in [0.2, 0.25) is 0 Å². The van der Waals surface area contributed by atoms with E-state index in [4.69, 9.17) is 0 Å². The summed E-state index contributed by atoms with van der Waals surface area (Å²) in [7, 11) is 0. The molecule has 0 bridgehead atoms. The summed E-state index contributed by atoms with van der Waals surface area (Å²) in [5.41, 5.74) is 7.63. The van der Waals surface area contributed by atoms with Crippen LogP contribution in [0.1, 0.15) is 45.4 Å². The highest BCUT2D eigenvalue weighted by Gasteiger charge is 2.12. The van der Waals surface area contributed by atoms with Crippen LogP contribution >= 0.6 is 0 Å². The molecule has 1 aromatic heterocycles. The SMILES string of the molecule is CCc1c(C)nn(-c2ccc(C(=O)NCCc3ccc(C)cc3)cc2)c1C. The molecule has 1 amide bonds. The van der Waals surface area contributed by atoms with Crippen molar-refractivity contribution in [3.05, 3.63) is 82.2 Å². The van der Waals surface area contributed by atoms with E-state index in [0.29, 0.717) is 12.1 Å². The van der Waals surface area contributed by atoms with Crippen LogP contribution in [-0.4, -0.2) is 22.2 Å². The number of amides is 1. The second-order valence-electron chi connectivity index (χ2n) is 6.95. The van der Waals surface area contributed by atoms with Crippen LogP contribution in [0, 0.1) is 20.8 Å². The van der Waals surface area contributed by atoms with Gasteiger partial charge in [0, 0.05) is 17.8 Å². The molecule has 3 rings (SSSR count). The van der Waals surface area contributed by atoms with Gasteiger partial charge in [-0.2, -0.15) is 5.10 Å². The summed E-state index contributed by atoms with van der Waals surface area (Å²) in [6.07, 6.45) is 1.80. The van der Waals surface area contributed by atoms with Gasteiger partial charge in [-0.25, -0.2) is 4.68 Å². The summed E-state index contributed by atoms with van der Waals surface area (Å²) >= 11 is 0. The fourth-order valence-electron chi connectivity index (χ4n) is 3.37. The fraction of sp³-hybridized carbons (Fsp3) is 0.304. The maximum absolute atomic E-state index is 12.4. The van der Waals surface area contributed by atoms with Crippen molar-refractivity contribution in [2.45, 2.75) is 40.5 Å². The Bertz CT molecular complexity index is 922. The Hall–Kier alpha value is -2.88. The predicted molar refractivity (Wildman–Crippen MR) is 110 cm³/mol. The topological polar surface area (TPSA) is 46.9 Å². The van der Waals surface area contributed by atoms with Crippen molar-refractivity contribution < 1.29 is 4.79 Å². The second-order valence-corrected chi connectivity index (χ2v) is 6.95. The Morgan fingerprint density at radius 1 is 1.00 bits per heavy atom. The Balaban J connectivity index is 1.63. The van der Waals surface area contributed by atoms with Crippen LogP contribution in [0.2, 0.25) is 0 Å². The first-order valence-corrected chi connectivity index (χ1v) is 9.49. The molecule has 140 valence electrons. The number of hydrogen-bond acceptors (Lipinski definition) is 2. The molecule has 0 saturated carbocycles. The molecule has 0 radical (unpaired) electrons. The van der Waals surface area contributed by atoms with Gasteiger partial charge in [0.05, 0.1) is 11.4 Å². The number of aryl methyl sites for hydroxylation is 2. The van der Waals surface area contributed by atoms with Crippen LogP contribution in [0.15, 0.2) is 48.5 Å². The van der Waals surface area contributed by atoms with Crippen molar-refractivity contribution in [2.24, 2.45) is 0 Å². The molecule has 1 N–H and O–H groups in total. The molecule has 0 aliphatic rings. The third kappa shape index (κ3) is 4.27. The second kappa shape index (κ2) is 8.21. The fourth-order valence-corrected chi connectivity index (χ4v) is 3.37. The van der Waals surface area contributed by atoms with Crippen molar-refractivity contribution in [1.29, 1.82) is 0 Å². The van der Waals surface area contributed by atoms with Crippen LogP contribution in [-0.2, 0) is 12.8 Å². The summed E-state index contributed by atoms with van der Waals surface area (Å²) in [4.78, 5) is 12.4. The molecule has 0 unspecified atom stereocenters. The van der Waals surface area contributed by atoms with Crippen molar-refractivity contribution in [1.82, 2.24) is 15.1 Å². The number of carbonyl (C=O) groups excluding carboxylic acids is 1. The number of rotatable bonds is 6. The van der Waals surface area contributed by atoms with Gasteiger partial charge in [0.15, 0.2) is 0 Å². The molecule has 0 fully saturated rings. The van der Waals surface area contributed by atoms with E-state index in [-0.39, 0.29) is 5.91 Å². The summed E-state index contributed by atoms with van der Waals surface area (Å²) < 4.78 is 1.95. The van der Waals surface area contributed by atoms with Crippen LogP contribution in [0.5, 0.6) is 0 Å². The average molecular weight is 361 g/mol. The zero-order chi connectivity index (χ0) is 19.4. The van der Waals surface area contributed by atoms with Gasteiger partial charge in [-0.05, 0) is 69.0 Å². The quantitative estimate of drug-likeness (QED) is 0.710. The monoisotopic (exact) mass is 361 g/mol. The van der Waals surface area contributed by atoms with Gasteiger partial charge in [0.1, 0.15) is 0 Å². The smallest absolute Gasteiger partial charge is 0.251 e. The van der Waals surface area contributed by atoms with Crippen molar-refractivity contribution in [3.8, 4) is 5.69 Å². The van der Waals surface area contributed by atoms with Gasteiger partial charge in [-0.1, -0.05) is 36.8 Å². The van der Waals surface area contributed by atoms with Crippen LogP contribution < -0.4 is 5.32 Å². The molecule has 4 nitrogen and oxygen atoms in total. The molecular weight excluding hydrogens is 334 g/mol. The summed E-state index contributed by atoms with van der Waals surface area (Å²) in [6.45, 7) is 8.97. The molecule has 4 heteroatoms. The van der Waals surface area contributed by atoms with Gasteiger partial charge in [-0.15, -0.1) is 0 Å². The first kappa shape index (κ1) is 18.9.